The standard InChI is InChI=1S/C14H21BrN2/c1-17-8-4-5-12(11-17)9-16-10-13-6-2-3-7-14(13)15/h2-3,6-7,12,16H,4-5,8-11H2,1H3. The molecule has 1 N–H and O–H groups in total. The van der Waals surface area contributed by atoms with Crippen LogP contribution in [0.2, 0.25) is 0 Å². The first-order valence-corrected chi connectivity index (χ1v) is 7.17. The first-order valence-electron chi connectivity index (χ1n) is 6.38. The summed E-state index contributed by atoms with van der Waals surface area (Å²) in [5.74, 6) is 0.816. The maximum Gasteiger partial charge on any atom is 0.0220 e. The van der Waals surface area contributed by atoms with Gasteiger partial charge in [-0.3, -0.25) is 0 Å². The van der Waals surface area contributed by atoms with Gasteiger partial charge in [-0.1, -0.05) is 34.1 Å². The summed E-state index contributed by atoms with van der Waals surface area (Å²) in [6.07, 6.45) is 2.71. The van der Waals surface area contributed by atoms with Crippen molar-refractivity contribution in [2.75, 3.05) is 26.7 Å². The summed E-state index contributed by atoms with van der Waals surface area (Å²) in [7, 11) is 2.22. The summed E-state index contributed by atoms with van der Waals surface area (Å²) in [4.78, 5) is 2.44. The largest absolute Gasteiger partial charge is 0.312 e. The van der Waals surface area contributed by atoms with Gasteiger partial charge < -0.3 is 10.2 Å². The SMILES string of the molecule is CN1CCCC(CNCc2ccccc2Br)C1. The van der Waals surface area contributed by atoms with Gasteiger partial charge in [-0.2, -0.15) is 0 Å². The predicted octanol–water partition coefficient (Wildman–Crippen LogP) is 2.88. The van der Waals surface area contributed by atoms with Crippen molar-refractivity contribution in [3.63, 3.8) is 0 Å². The highest BCUT2D eigenvalue weighted by molar-refractivity contribution is 9.10. The minimum absolute atomic E-state index is 0.816. The molecule has 1 unspecified atom stereocenters. The quantitative estimate of drug-likeness (QED) is 0.919. The minimum atomic E-state index is 0.816. The maximum atomic E-state index is 3.58. The van der Waals surface area contributed by atoms with E-state index in [9.17, 15) is 0 Å². The van der Waals surface area contributed by atoms with Crippen LogP contribution in [0.1, 0.15) is 18.4 Å². The Hall–Kier alpha value is -0.380. The van der Waals surface area contributed by atoms with Gasteiger partial charge in [0.25, 0.3) is 0 Å². The molecule has 1 aromatic rings. The van der Waals surface area contributed by atoms with E-state index in [-0.39, 0.29) is 0 Å². The van der Waals surface area contributed by atoms with Gasteiger partial charge in [-0.05, 0) is 50.5 Å². The summed E-state index contributed by atoms with van der Waals surface area (Å²) in [5.41, 5.74) is 1.34. The van der Waals surface area contributed by atoms with Crippen LogP contribution < -0.4 is 5.32 Å². The monoisotopic (exact) mass is 296 g/mol. The topological polar surface area (TPSA) is 15.3 Å². The Bertz CT molecular complexity index is 354. The molecule has 0 saturated carbocycles. The lowest BCUT2D eigenvalue weighted by molar-refractivity contribution is 0.206. The van der Waals surface area contributed by atoms with Crippen LogP contribution in [0.3, 0.4) is 0 Å². The summed E-state index contributed by atoms with van der Waals surface area (Å²) < 4.78 is 1.20. The number of nitrogens with one attached hydrogen (secondary N) is 1. The highest BCUT2D eigenvalue weighted by atomic mass is 79.9. The van der Waals surface area contributed by atoms with Crippen LogP contribution in [0.25, 0.3) is 0 Å². The second-order valence-corrected chi connectivity index (χ2v) is 5.85. The van der Waals surface area contributed by atoms with Crippen LogP contribution in [0.5, 0.6) is 0 Å². The molecule has 94 valence electrons. The number of halogens is 1. The van der Waals surface area contributed by atoms with Crippen molar-refractivity contribution in [2.24, 2.45) is 5.92 Å². The van der Waals surface area contributed by atoms with E-state index in [1.54, 1.807) is 0 Å². The lowest BCUT2D eigenvalue weighted by atomic mass is 9.98. The molecule has 1 saturated heterocycles. The molecule has 1 aliphatic heterocycles. The van der Waals surface area contributed by atoms with Crippen LogP contribution in [0.4, 0.5) is 0 Å². The van der Waals surface area contributed by atoms with E-state index in [2.05, 4.69) is 57.5 Å². The molecule has 0 aromatic heterocycles. The van der Waals surface area contributed by atoms with Crippen molar-refractivity contribution in [1.29, 1.82) is 0 Å². The Morgan fingerprint density at radius 3 is 3.00 bits per heavy atom. The third-order valence-corrected chi connectivity index (χ3v) is 4.20. The molecule has 1 fully saturated rings. The van der Waals surface area contributed by atoms with Crippen molar-refractivity contribution >= 4 is 15.9 Å². The predicted molar refractivity (Wildman–Crippen MR) is 76.1 cm³/mol. The summed E-state index contributed by atoms with van der Waals surface area (Å²) >= 11 is 3.58. The fourth-order valence-electron chi connectivity index (χ4n) is 2.49. The molecule has 1 atom stereocenters. The molecule has 0 spiro atoms. The molecular formula is C14H21BrN2. The highest BCUT2D eigenvalue weighted by Gasteiger charge is 2.16. The summed E-state index contributed by atoms with van der Waals surface area (Å²) in [6, 6.07) is 8.43. The fraction of sp³-hybridized carbons (Fsp3) is 0.571. The van der Waals surface area contributed by atoms with E-state index < -0.39 is 0 Å². The van der Waals surface area contributed by atoms with Gasteiger partial charge in [0.05, 0.1) is 0 Å². The Morgan fingerprint density at radius 1 is 1.41 bits per heavy atom. The van der Waals surface area contributed by atoms with E-state index >= 15 is 0 Å². The second kappa shape index (κ2) is 6.53. The number of likely N-dealkylation sites (tertiary alicyclic amines) is 1. The van der Waals surface area contributed by atoms with Crippen molar-refractivity contribution in [1.82, 2.24) is 10.2 Å². The lowest BCUT2D eigenvalue weighted by Gasteiger charge is -2.29. The van der Waals surface area contributed by atoms with Crippen LogP contribution >= 0.6 is 15.9 Å². The average molecular weight is 297 g/mol. The summed E-state index contributed by atoms with van der Waals surface area (Å²) in [5, 5.41) is 3.58. The molecule has 1 heterocycles. The molecular weight excluding hydrogens is 276 g/mol. The van der Waals surface area contributed by atoms with Crippen molar-refractivity contribution < 1.29 is 0 Å². The van der Waals surface area contributed by atoms with E-state index in [0.29, 0.717) is 0 Å². The molecule has 0 aliphatic carbocycles. The van der Waals surface area contributed by atoms with Crippen LogP contribution in [-0.4, -0.2) is 31.6 Å². The smallest absolute Gasteiger partial charge is 0.0220 e. The Kier molecular flexibility index (Phi) is 5.01. The van der Waals surface area contributed by atoms with Gasteiger partial charge in [0.2, 0.25) is 0 Å². The van der Waals surface area contributed by atoms with Crippen LogP contribution in [0, 0.1) is 5.92 Å². The highest BCUT2D eigenvalue weighted by Crippen LogP contribution is 2.17. The third kappa shape index (κ3) is 4.09. The Labute approximate surface area is 113 Å². The Balaban J connectivity index is 1.74. The molecule has 0 radical (unpaired) electrons. The zero-order valence-electron chi connectivity index (χ0n) is 10.5. The molecule has 1 aliphatic rings. The van der Waals surface area contributed by atoms with Gasteiger partial charge in [-0.25, -0.2) is 0 Å². The van der Waals surface area contributed by atoms with Gasteiger partial charge in [0.15, 0.2) is 0 Å². The van der Waals surface area contributed by atoms with E-state index in [1.807, 2.05) is 0 Å². The second-order valence-electron chi connectivity index (χ2n) is 4.99. The number of benzene rings is 1. The minimum Gasteiger partial charge on any atom is -0.312 e. The molecule has 0 amide bonds. The van der Waals surface area contributed by atoms with Crippen molar-refractivity contribution in [3.05, 3.63) is 34.3 Å². The first kappa shape index (κ1) is 13.1. The molecule has 3 heteroatoms. The first-order chi connectivity index (χ1) is 8.25. The number of hydrogen-bond donors (Lipinski definition) is 1. The number of piperidine rings is 1. The van der Waals surface area contributed by atoms with E-state index in [4.69, 9.17) is 0 Å². The third-order valence-electron chi connectivity index (χ3n) is 3.43. The van der Waals surface area contributed by atoms with Gasteiger partial charge in [-0.15, -0.1) is 0 Å². The number of nitrogens with zero attached hydrogens (tertiary/aromatic N) is 1. The van der Waals surface area contributed by atoms with E-state index in [1.165, 1.54) is 36.0 Å². The zero-order valence-corrected chi connectivity index (χ0v) is 12.0. The van der Waals surface area contributed by atoms with E-state index in [0.717, 1.165) is 19.0 Å². The van der Waals surface area contributed by atoms with Gasteiger partial charge in [0, 0.05) is 17.6 Å². The van der Waals surface area contributed by atoms with Crippen LogP contribution in [0.15, 0.2) is 28.7 Å². The molecule has 2 rings (SSSR count). The molecule has 1 aromatic carbocycles. The molecule has 2 nitrogen and oxygen atoms in total. The van der Waals surface area contributed by atoms with Gasteiger partial charge in [0.1, 0.15) is 0 Å². The summed E-state index contributed by atoms with van der Waals surface area (Å²) in [6.45, 7) is 4.59. The number of rotatable bonds is 4. The maximum absolute atomic E-state index is 3.58. The number of hydrogen-bond acceptors (Lipinski definition) is 2. The molecule has 17 heavy (non-hydrogen) atoms. The normalized spacial score (nSPS) is 21.6. The lowest BCUT2D eigenvalue weighted by Crippen LogP contribution is -2.37. The zero-order chi connectivity index (χ0) is 12.1. The fourth-order valence-corrected chi connectivity index (χ4v) is 2.92. The Morgan fingerprint density at radius 2 is 2.24 bits per heavy atom. The average Bonchev–Trinajstić information content (AvgIpc) is 2.32. The molecule has 0 bridgehead atoms. The van der Waals surface area contributed by atoms with Gasteiger partial charge >= 0.3 is 0 Å². The van der Waals surface area contributed by atoms with Crippen LogP contribution in [-0.2, 0) is 6.54 Å². The van der Waals surface area contributed by atoms with Crippen molar-refractivity contribution in [2.45, 2.75) is 19.4 Å². The van der Waals surface area contributed by atoms with Crippen molar-refractivity contribution in [3.8, 4) is 0 Å².